The number of hydrogen-bond donors (Lipinski definition) is 2. The smallest absolute Gasteiger partial charge is 0.251 e. The van der Waals surface area contributed by atoms with Gasteiger partial charge in [-0.2, -0.15) is 0 Å². The first-order valence-corrected chi connectivity index (χ1v) is 7.72. The summed E-state index contributed by atoms with van der Waals surface area (Å²) >= 11 is 9.34. The summed E-state index contributed by atoms with van der Waals surface area (Å²) in [7, 11) is 0. The van der Waals surface area contributed by atoms with Crippen LogP contribution in [0.3, 0.4) is 0 Å². The van der Waals surface area contributed by atoms with Crippen LogP contribution in [-0.2, 0) is 4.79 Å². The second kappa shape index (κ2) is 7.42. The molecule has 0 spiro atoms. The highest BCUT2D eigenvalue weighted by Gasteiger charge is 2.10. The molecule has 0 fully saturated rings. The molecule has 0 saturated carbocycles. The maximum absolute atomic E-state index is 11.9. The van der Waals surface area contributed by atoms with Gasteiger partial charge in [0.15, 0.2) is 0 Å². The molecular weight excluding hydrogens is 368 g/mol. The SMILES string of the molecule is Cc1ccc(NC(=O)CNC(=O)c2cccc(Br)c2)c(Cl)c1. The minimum atomic E-state index is -0.339. The highest BCUT2D eigenvalue weighted by molar-refractivity contribution is 9.10. The minimum absolute atomic E-state index is 0.129. The molecular formula is C16H14BrClN2O2. The lowest BCUT2D eigenvalue weighted by molar-refractivity contribution is -0.115. The van der Waals surface area contributed by atoms with E-state index in [0.29, 0.717) is 16.3 Å². The van der Waals surface area contributed by atoms with Crippen molar-refractivity contribution in [2.45, 2.75) is 6.92 Å². The monoisotopic (exact) mass is 380 g/mol. The number of benzene rings is 2. The van der Waals surface area contributed by atoms with Crippen LogP contribution < -0.4 is 10.6 Å². The lowest BCUT2D eigenvalue weighted by atomic mass is 10.2. The third-order valence-corrected chi connectivity index (χ3v) is 3.70. The lowest BCUT2D eigenvalue weighted by Crippen LogP contribution is -2.32. The van der Waals surface area contributed by atoms with E-state index in [1.165, 1.54) is 0 Å². The first kappa shape index (κ1) is 16.5. The molecule has 2 amide bonds. The van der Waals surface area contributed by atoms with Gasteiger partial charge < -0.3 is 10.6 Å². The Kier molecular flexibility index (Phi) is 5.57. The molecule has 0 aliphatic rings. The molecule has 4 nitrogen and oxygen atoms in total. The fraction of sp³-hybridized carbons (Fsp3) is 0.125. The molecule has 0 aliphatic heterocycles. The molecule has 6 heteroatoms. The van der Waals surface area contributed by atoms with Crippen molar-refractivity contribution in [1.82, 2.24) is 5.32 Å². The molecule has 0 heterocycles. The molecule has 2 aromatic rings. The van der Waals surface area contributed by atoms with Crippen LogP contribution in [0.1, 0.15) is 15.9 Å². The van der Waals surface area contributed by atoms with Gasteiger partial charge in [0.25, 0.3) is 5.91 Å². The van der Waals surface area contributed by atoms with Crippen molar-refractivity contribution in [1.29, 1.82) is 0 Å². The summed E-state index contributed by atoms with van der Waals surface area (Å²) in [6.45, 7) is 1.78. The summed E-state index contributed by atoms with van der Waals surface area (Å²) in [5.74, 6) is -0.652. The molecule has 2 aromatic carbocycles. The number of amides is 2. The lowest BCUT2D eigenvalue weighted by Gasteiger charge is -2.09. The summed E-state index contributed by atoms with van der Waals surface area (Å²) in [5.41, 5.74) is 2.01. The van der Waals surface area contributed by atoms with Crippen LogP contribution >= 0.6 is 27.5 Å². The van der Waals surface area contributed by atoms with E-state index in [1.807, 2.05) is 19.1 Å². The van der Waals surface area contributed by atoms with Crippen molar-refractivity contribution in [3.8, 4) is 0 Å². The summed E-state index contributed by atoms with van der Waals surface area (Å²) in [6.07, 6.45) is 0. The summed E-state index contributed by atoms with van der Waals surface area (Å²) in [4.78, 5) is 23.8. The first-order chi connectivity index (χ1) is 10.5. The fourth-order valence-corrected chi connectivity index (χ4v) is 2.49. The Bertz CT molecular complexity index is 719. The highest BCUT2D eigenvalue weighted by atomic mass is 79.9. The predicted octanol–water partition coefficient (Wildman–Crippen LogP) is 3.78. The number of carbonyl (C=O) groups is 2. The minimum Gasteiger partial charge on any atom is -0.343 e. The standard InChI is InChI=1S/C16H14BrClN2O2/c1-10-5-6-14(13(18)7-10)20-15(21)9-19-16(22)11-3-2-4-12(17)8-11/h2-8H,9H2,1H3,(H,19,22)(H,20,21). The maximum atomic E-state index is 11.9. The van der Waals surface area contributed by atoms with Gasteiger partial charge in [0, 0.05) is 10.0 Å². The van der Waals surface area contributed by atoms with Gasteiger partial charge >= 0.3 is 0 Å². The van der Waals surface area contributed by atoms with Crippen LogP contribution in [-0.4, -0.2) is 18.4 Å². The van der Waals surface area contributed by atoms with Gasteiger partial charge in [0.1, 0.15) is 0 Å². The van der Waals surface area contributed by atoms with E-state index in [4.69, 9.17) is 11.6 Å². The van der Waals surface area contributed by atoms with E-state index in [2.05, 4.69) is 26.6 Å². The van der Waals surface area contributed by atoms with Crippen LogP contribution in [0.2, 0.25) is 5.02 Å². The van der Waals surface area contributed by atoms with Gasteiger partial charge in [-0.25, -0.2) is 0 Å². The van der Waals surface area contributed by atoms with Crippen molar-refractivity contribution in [3.05, 3.63) is 63.1 Å². The third kappa shape index (κ3) is 4.58. The third-order valence-electron chi connectivity index (χ3n) is 2.89. The average Bonchev–Trinajstić information content (AvgIpc) is 2.47. The highest BCUT2D eigenvalue weighted by Crippen LogP contribution is 2.22. The van der Waals surface area contributed by atoms with E-state index in [-0.39, 0.29) is 18.4 Å². The van der Waals surface area contributed by atoms with Crippen molar-refractivity contribution in [2.24, 2.45) is 0 Å². The van der Waals surface area contributed by atoms with Crippen LogP contribution in [0.25, 0.3) is 0 Å². The van der Waals surface area contributed by atoms with Gasteiger partial charge in [0.2, 0.25) is 5.91 Å². The molecule has 0 saturated heterocycles. The maximum Gasteiger partial charge on any atom is 0.251 e. The Morgan fingerprint density at radius 2 is 1.95 bits per heavy atom. The fourth-order valence-electron chi connectivity index (χ4n) is 1.81. The van der Waals surface area contributed by atoms with Crippen molar-refractivity contribution in [2.75, 3.05) is 11.9 Å². The molecule has 22 heavy (non-hydrogen) atoms. The molecule has 0 aliphatic carbocycles. The first-order valence-electron chi connectivity index (χ1n) is 6.55. The second-order valence-electron chi connectivity index (χ2n) is 4.72. The molecule has 0 radical (unpaired) electrons. The number of halogens is 2. The van der Waals surface area contributed by atoms with Crippen molar-refractivity contribution >= 4 is 45.0 Å². The number of nitrogens with one attached hydrogen (secondary N) is 2. The van der Waals surface area contributed by atoms with Crippen LogP contribution in [0, 0.1) is 6.92 Å². The Hall–Kier alpha value is -1.85. The Balaban J connectivity index is 1.91. The quantitative estimate of drug-likeness (QED) is 0.847. The molecule has 114 valence electrons. The van der Waals surface area contributed by atoms with Gasteiger partial charge in [-0.15, -0.1) is 0 Å². The summed E-state index contributed by atoms with van der Waals surface area (Å²) in [5, 5.41) is 5.69. The number of aryl methyl sites for hydroxylation is 1. The normalized spacial score (nSPS) is 10.1. The topological polar surface area (TPSA) is 58.2 Å². The Labute approximate surface area is 142 Å². The summed E-state index contributed by atoms with van der Waals surface area (Å²) in [6, 6.07) is 12.3. The largest absolute Gasteiger partial charge is 0.343 e. The average molecular weight is 382 g/mol. The van der Waals surface area contributed by atoms with Crippen molar-refractivity contribution in [3.63, 3.8) is 0 Å². The van der Waals surface area contributed by atoms with E-state index >= 15 is 0 Å². The van der Waals surface area contributed by atoms with E-state index in [0.717, 1.165) is 10.0 Å². The Morgan fingerprint density at radius 1 is 1.18 bits per heavy atom. The predicted molar refractivity (Wildman–Crippen MR) is 91.3 cm³/mol. The molecule has 2 rings (SSSR count). The van der Waals surface area contributed by atoms with E-state index < -0.39 is 0 Å². The zero-order valence-corrected chi connectivity index (χ0v) is 14.2. The Morgan fingerprint density at radius 3 is 2.64 bits per heavy atom. The van der Waals surface area contributed by atoms with Crippen LogP contribution in [0.15, 0.2) is 46.9 Å². The van der Waals surface area contributed by atoms with Crippen LogP contribution in [0.4, 0.5) is 5.69 Å². The van der Waals surface area contributed by atoms with Gasteiger partial charge in [-0.1, -0.05) is 39.7 Å². The number of anilines is 1. The van der Waals surface area contributed by atoms with Gasteiger partial charge in [0.05, 0.1) is 17.3 Å². The van der Waals surface area contributed by atoms with Gasteiger partial charge in [-0.3, -0.25) is 9.59 Å². The second-order valence-corrected chi connectivity index (χ2v) is 6.05. The number of carbonyl (C=O) groups excluding carboxylic acids is 2. The van der Waals surface area contributed by atoms with Crippen LogP contribution in [0.5, 0.6) is 0 Å². The molecule has 2 N–H and O–H groups in total. The zero-order chi connectivity index (χ0) is 16.1. The number of rotatable bonds is 4. The molecule has 0 bridgehead atoms. The molecule has 0 atom stereocenters. The number of hydrogen-bond acceptors (Lipinski definition) is 2. The van der Waals surface area contributed by atoms with E-state index in [1.54, 1.807) is 30.3 Å². The molecule has 0 aromatic heterocycles. The van der Waals surface area contributed by atoms with Gasteiger partial charge in [-0.05, 0) is 42.8 Å². The summed E-state index contributed by atoms with van der Waals surface area (Å²) < 4.78 is 0.802. The van der Waals surface area contributed by atoms with E-state index in [9.17, 15) is 9.59 Å². The van der Waals surface area contributed by atoms with Crippen molar-refractivity contribution < 1.29 is 9.59 Å². The zero-order valence-electron chi connectivity index (χ0n) is 11.8. The molecule has 0 unspecified atom stereocenters.